The van der Waals surface area contributed by atoms with Crippen LogP contribution in [-0.4, -0.2) is 30.2 Å². The average Bonchev–Trinajstić information content (AvgIpc) is 3.49. The van der Waals surface area contributed by atoms with Gasteiger partial charge in [0.2, 0.25) is 0 Å². The van der Waals surface area contributed by atoms with Gasteiger partial charge in [-0.25, -0.2) is 14.8 Å². The standard InChI is InChI=1S/C25H23Cl2N3O3S2/c1-13(2)8-20-21(14-10-17(26)22(32-3)18(27)11-14)29-25(35-20)30-23-16(24(31)33-4)9-15(12-28-23)19-6-5-7-34-19/h5-7,9-13H,8H2,1-4H3,(H,28,29,30). The maximum Gasteiger partial charge on any atom is 0.341 e. The van der Waals surface area contributed by atoms with Crippen LogP contribution in [0.2, 0.25) is 10.0 Å². The monoisotopic (exact) mass is 547 g/mol. The first-order valence-electron chi connectivity index (χ1n) is 10.7. The van der Waals surface area contributed by atoms with Gasteiger partial charge in [0, 0.05) is 27.1 Å². The van der Waals surface area contributed by atoms with Crippen LogP contribution < -0.4 is 10.1 Å². The Morgan fingerprint density at radius 2 is 1.89 bits per heavy atom. The topological polar surface area (TPSA) is 73.3 Å². The van der Waals surface area contributed by atoms with E-state index in [1.807, 2.05) is 17.5 Å². The fourth-order valence-electron chi connectivity index (χ4n) is 3.54. The lowest BCUT2D eigenvalue weighted by Gasteiger charge is -2.10. The zero-order valence-electron chi connectivity index (χ0n) is 19.5. The van der Waals surface area contributed by atoms with Crippen molar-refractivity contribution in [2.75, 3.05) is 19.5 Å². The summed E-state index contributed by atoms with van der Waals surface area (Å²) < 4.78 is 10.3. The Balaban J connectivity index is 1.75. The number of benzene rings is 1. The van der Waals surface area contributed by atoms with E-state index in [0.29, 0.717) is 38.2 Å². The van der Waals surface area contributed by atoms with Crippen LogP contribution >= 0.6 is 45.9 Å². The van der Waals surface area contributed by atoms with Crippen LogP contribution in [0.1, 0.15) is 29.1 Å². The van der Waals surface area contributed by atoms with Crippen LogP contribution in [0.5, 0.6) is 5.75 Å². The molecule has 0 saturated heterocycles. The van der Waals surface area contributed by atoms with Gasteiger partial charge in [0.25, 0.3) is 0 Å². The number of carbonyl (C=O) groups excluding carboxylic acids is 1. The molecule has 0 unspecified atom stereocenters. The van der Waals surface area contributed by atoms with Crippen molar-refractivity contribution in [1.82, 2.24) is 9.97 Å². The third-order valence-electron chi connectivity index (χ3n) is 5.09. The number of pyridine rings is 1. The van der Waals surface area contributed by atoms with Gasteiger partial charge < -0.3 is 14.8 Å². The number of carbonyl (C=O) groups is 1. The molecule has 0 atom stereocenters. The number of ether oxygens (including phenoxy) is 2. The van der Waals surface area contributed by atoms with E-state index in [4.69, 9.17) is 37.7 Å². The summed E-state index contributed by atoms with van der Waals surface area (Å²) in [7, 11) is 2.88. The predicted octanol–water partition coefficient (Wildman–Crippen LogP) is 7.98. The summed E-state index contributed by atoms with van der Waals surface area (Å²) in [5, 5.41) is 6.62. The van der Waals surface area contributed by atoms with Crippen LogP contribution in [0.4, 0.5) is 10.9 Å². The Morgan fingerprint density at radius 1 is 1.14 bits per heavy atom. The van der Waals surface area contributed by atoms with Crippen LogP contribution in [0.15, 0.2) is 41.9 Å². The molecule has 0 aliphatic rings. The molecular weight excluding hydrogens is 525 g/mol. The minimum Gasteiger partial charge on any atom is -0.494 e. The summed E-state index contributed by atoms with van der Waals surface area (Å²) in [6, 6.07) is 9.30. The molecule has 10 heteroatoms. The molecule has 1 N–H and O–H groups in total. The molecule has 4 rings (SSSR count). The normalized spacial score (nSPS) is 11.1. The van der Waals surface area contributed by atoms with Gasteiger partial charge in [0.15, 0.2) is 10.9 Å². The summed E-state index contributed by atoms with van der Waals surface area (Å²) >= 11 is 15.9. The van der Waals surface area contributed by atoms with Crippen LogP contribution in [-0.2, 0) is 11.2 Å². The number of nitrogens with zero attached hydrogens (tertiary/aromatic N) is 2. The largest absolute Gasteiger partial charge is 0.494 e. The molecule has 0 bridgehead atoms. The summed E-state index contributed by atoms with van der Waals surface area (Å²) in [6.07, 6.45) is 2.54. The maximum absolute atomic E-state index is 12.6. The zero-order chi connectivity index (χ0) is 25.1. The Kier molecular flexibility index (Phi) is 7.96. The highest BCUT2D eigenvalue weighted by Gasteiger charge is 2.21. The van der Waals surface area contributed by atoms with Crippen molar-refractivity contribution in [2.24, 2.45) is 5.92 Å². The molecule has 0 aliphatic carbocycles. The fourth-order valence-corrected chi connectivity index (χ4v) is 6.09. The van der Waals surface area contributed by atoms with E-state index >= 15 is 0 Å². The molecule has 3 aromatic heterocycles. The number of anilines is 2. The minimum atomic E-state index is -0.480. The van der Waals surface area contributed by atoms with Crippen LogP contribution in [0.25, 0.3) is 21.7 Å². The number of hydrogen-bond donors (Lipinski definition) is 1. The van der Waals surface area contributed by atoms with E-state index in [0.717, 1.165) is 33.0 Å². The molecular formula is C25H23Cl2N3O3S2. The Bertz CT molecular complexity index is 1330. The van der Waals surface area contributed by atoms with Crippen molar-refractivity contribution in [2.45, 2.75) is 20.3 Å². The second-order valence-corrected chi connectivity index (χ2v) is 10.9. The first-order valence-corrected chi connectivity index (χ1v) is 13.2. The van der Waals surface area contributed by atoms with Crippen molar-refractivity contribution >= 4 is 62.8 Å². The van der Waals surface area contributed by atoms with Gasteiger partial charge in [-0.15, -0.1) is 22.7 Å². The number of nitrogens with one attached hydrogen (secondary N) is 1. The Hall–Kier alpha value is -2.65. The van der Waals surface area contributed by atoms with Gasteiger partial charge in [-0.2, -0.15) is 0 Å². The van der Waals surface area contributed by atoms with Crippen molar-refractivity contribution in [1.29, 1.82) is 0 Å². The molecule has 6 nitrogen and oxygen atoms in total. The smallest absolute Gasteiger partial charge is 0.341 e. The van der Waals surface area contributed by atoms with Gasteiger partial charge in [0.05, 0.1) is 30.0 Å². The molecule has 0 spiro atoms. The highest BCUT2D eigenvalue weighted by atomic mass is 35.5. The number of rotatable bonds is 8. The number of thiophene rings is 1. The lowest BCUT2D eigenvalue weighted by atomic mass is 10.0. The lowest BCUT2D eigenvalue weighted by Crippen LogP contribution is -2.07. The third kappa shape index (κ3) is 5.62. The molecule has 0 saturated carbocycles. The summed E-state index contributed by atoms with van der Waals surface area (Å²) in [5.41, 5.74) is 2.73. The van der Waals surface area contributed by atoms with Crippen molar-refractivity contribution in [3.05, 3.63) is 62.4 Å². The molecule has 0 amide bonds. The van der Waals surface area contributed by atoms with Gasteiger partial charge in [0.1, 0.15) is 11.4 Å². The number of esters is 1. The minimum absolute atomic E-state index is 0.330. The maximum atomic E-state index is 12.6. The first-order chi connectivity index (χ1) is 16.8. The molecule has 4 aromatic rings. The molecule has 35 heavy (non-hydrogen) atoms. The molecule has 182 valence electrons. The summed E-state index contributed by atoms with van der Waals surface area (Å²) in [6.45, 7) is 4.29. The Morgan fingerprint density at radius 3 is 2.49 bits per heavy atom. The predicted molar refractivity (Wildman–Crippen MR) is 145 cm³/mol. The molecule has 0 radical (unpaired) electrons. The van der Waals surface area contributed by atoms with Crippen LogP contribution in [0, 0.1) is 5.92 Å². The summed E-state index contributed by atoms with van der Waals surface area (Å²) in [4.78, 5) is 24.0. The SMILES string of the molecule is COC(=O)c1cc(-c2cccs2)cnc1Nc1nc(-c2cc(Cl)c(OC)c(Cl)c2)c(CC(C)C)s1. The second kappa shape index (κ2) is 11.0. The van der Waals surface area contributed by atoms with Gasteiger partial charge in [-0.05, 0) is 42.0 Å². The second-order valence-electron chi connectivity index (χ2n) is 8.08. The van der Waals surface area contributed by atoms with Crippen molar-refractivity contribution in [3.63, 3.8) is 0 Å². The Labute approximate surface area is 221 Å². The number of methoxy groups -OCH3 is 2. The third-order valence-corrected chi connectivity index (χ3v) is 7.56. The highest BCUT2D eigenvalue weighted by Crippen LogP contribution is 2.41. The number of aromatic nitrogens is 2. The van der Waals surface area contributed by atoms with E-state index < -0.39 is 5.97 Å². The number of thiazole rings is 1. The molecule has 0 aliphatic heterocycles. The van der Waals surface area contributed by atoms with E-state index in [-0.39, 0.29) is 0 Å². The van der Waals surface area contributed by atoms with Crippen molar-refractivity contribution in [3.8, 4) is 27.4 Å². The average molecular weight is 549 g/mol. The fraction of sp³-hybridized carbons (Fsp3) is 0.240. The van der Waals surface area contributed by atoms with E-state index in [1.54, 1.807) is 35.7 Å². The quantitative estimate of drug-likeness (QED) is 0.225. The van der Waals surface area contributed by atoms with Crippen LogP contribution in [0.3, 0.4) is 0 Å². The highest BCUT2D eigenvalue weighted by molar-refractivity contribution is 7.16. The van der Waals surface area contributed by atoms with E-state index in [1.165, 1.54) is 25.6 Å². The zero-order valence-corrected chi connectivity index (χ0v) is 22.7. The van der Waals surface area contributed by atoms with Crippen molar-refractivity contribution < 1.29 is 14.3 Å². The summed E-state index contributed by atoms with van der Waals surface area (Å²) in [5.74, 6) is 0.722. The first kappa shape index (κ1) is 25.4. The van der Waals surface area contributed by atoms with Gasteiger partial charge in [-0.1, -0.05) is 43.1 Å². The van der Waals surface area contributed by atoms with Gasteiger partial charge in [-0.3, -0.25) is 0 Å². The van der Waals surface area contributed by atoms with Gasteiger partial charge >= 0.3 is 5.97 Å². The number of hydrogen-bond acceptors (Lipinski definition) is 8. The molecule has 1 aromatic carbocycles. The number of halogens is 2. The van der Waals surface area contributed by atoms with E-state index in [2.05, 4.69) is 24.1 Å². The molecule has 0 fully saturated rings. The van der Waals surface area contributed by atoms with E-state index in [9.17, 15) is 4.79 Å². The molecule has 3 heterocycles. The lowest BCUT2D eigenvalue weighted by molar-refractivity contribution is 0.0601.